The number of aromatic nitrogens is 4. The van der Waals surface area contributed by atoms with Gasteiger partial charge < -0.3 is 10.1 Å². The fourth-order valence-electron chi connectivity index (χ4n) is 3.37. The molecule has 0 saturated heterocycles. The number of halogens is 4. The van der Waals surface area contributed by atoms with Crippen LogP contribution < -0.4 is 15.7 Å². The van der Waals surface area contributed by atoms with Crippen molar-refractivity contribution in [2.45, 2.75) is 12.7 Å². The molecule has 2 heterocycles. The Morgan fingerprint density at radius 3 is 2.53 bits per heavy atom. The average Bonchev–Trinajstić information content (AvgIpc) is 3.05. The Bertz CT molecular complexity index is 1460. The summed E-state index contributed by atoms with van der Waals surface area (Å²) < 4.78 is 59.7. The standard InChI is InChI=1S/C20H14F4N6O4/c1-34-16-8-11(21)15(30(32)33)9-12(16)26-18-25-7-6-17(27-18)29-14-5-3-2-4-13(14)28(19(29)31)10-20(22,23)24/h2-9H,10H2,1H3,(H,25,26,27). The van der Waals surface area contributed by atoms with E-state index in [-0.39, 0.29) is 34.2 Å². The molecule has 0 aliphatic carbocycles. The van der Waals surface area contributed by atoms with Crippen LogP contribution in [-0.2, 0) is 6.54 Å². The van der Waals surface area contributed by atoms with E-state index in [2.05, 4.69) is 15.3 Å². The highest BCUT2D eigenvalue weighted by atomic mass is 19.4. The largest absolute Gasteiger partial charge is 0.494 e. The highest BCUT2D eigenvalue weighted by Crippen LogP contribution is 2.33. The fraction of sp³-hybridized carbons (Fsp3) is 0.150. The lowest BCUT2D eigenvalue weighted by molar-refractivity contribution is -0.387. The number of imidazole rings is 1. The monoisotopic (exact) mass is 478 g/mol. The number of hydrogen-bond donors (Lipinski definition) is 1. The summed E-state index contributed by atoms with van der Waals surface area (Å²) in [5.74, 6) is -1.44. The summed E-state index contributed by atoms with van der Waals surface area (Å²) in [6.07, 6.45) is -3.40. The van der Waals surface area contributed by atoms with E-state index in [0.717, 1.165) is 16.7 Å². The zero-order chi connectivity index (χ0) is 24.6. The summed E-state index contributed by atoms with van der Waals surface area (Å²) in [5.41, 5.74) is -1.62. The van der Waals surface area contributed by atoms with Gasteiger partial charge in [-0.2, -0.15) is 22.5 Å². The van der Waals surface area contributed by atoms with Gasteiger partial charge in [0.1, 0.15) is 18.1 Å². The second-order valence-corrected chi connectivity index (χ2v) is 6.93. The van der Waals surface area contributed by atoms with Gasteiger partial charge in [-0.15, -0.1) is 0 Å². The third kappa shape index (κ3) is 4.24. The van der Waals surface area contributed by atoms with E-state index in [1.807, 2.05) is 0 Å². The number of ether oxygens (including phenoxy) is 1. The first-order valence-electron chi connectivity index (χ1n) is 9.48. The molecule has 0 radical (unpaired) electrons. The number of nitrogens with zero attached hydrogens (tertiary/aromatic N) is 5. The molecule has 0 unspecified atom stereocenters. The minimum Gasteiger partial charge on any atom is -0.494 e. The Hall–Kier alpha value is -4.49. The van der Waals surface area contributed by atoms with Gasteiger partial charge in [0.2, 0.25) is 11.8 Å². The van der Waals surface area contributed by atoms with Crippen molar-refractivity contribution >= 4 is 28.4 Å². The van der Waals surface area contributed by atoms with Gasteiger partial charge in [-0.25, -0.2) is 14.3 Å². The molecule has 0 atom stereocenters. The van der Waals surface area contributed by atoms with Crippen LogP contribution >= 0.6 is 0 Å². The van der Waals surface area contributed by atoms with Gasteiger partial charge in [0.25, 0.3) is 0 Å². The van der Waals surface area contributed by atoms with Crippen LogP contribution in [0.15, 0.2) is 53.5 Å². The zero-order valence-corrected chi connectivity index (χ0v) is 17.2. The molecule has 10 nitrogen and oxygen atoms in total. The molecule has 14 heteroatoms. The highest BCUT2D eigenvalue weighted by Gasteiger charge is 2.31. The molecule has 1 N–H and O–H groups in total. The van der Waals surface area contributed by atoms with E-state index in [1.165, 1.54) is 37.6 Å². The summed E-state index contributed by atoms with van der Waals surface area (Å²) in [6, 6.07) is 8.89. The Balaban J connectivity index is 1.81. The van der Waals surface area contributed by atoms with Gasteiger partial charge in [0, 0.05) is 24.4 Å². The number of anilines is 2. The summed E-state index contributed by atoms with van der Waals surface area (Å²) in [4.78, 5) is 31.2. The van der Waals surface area contributed by atoms with Gasteiger partial charge in [0.05, 0.1) is 28.8 Å². The third-order valence-corrected chi connectivity index (χ3v) is 4.76. The second kappa shape index (κ2) is 8.46. The maximum Gasteiger partial charge on any atom is 0.406 e. The van der Waals surface area contributed by atoms with Gasteiger partial charge >= 0.3 is 17.6 Å². The first-order valence-corrected chi connectivity index (χ1v) is 9.48. The van der Waals surface area contributed by atoms with Gasteiger partial charge in [-0.05, 0) is 12.1 Å². The van der Waals surface area contributed by atoms with E-state index < -0.39 is 34.8 Å². The molecule has 0 aliphatic heterocycles. The second-order valence-electron chi connectivity index (χ2n) is 6.93. The lowest BCUT2D eigenvalue weighted by atomic mass is 10.2. The highest BCUT2D eigenvalue weighted by molar-refractivity contribution is 5.78. The number of nitro benzene ring substituents is 1. The molecular formula is C20H14F4N6O4. The van der Waals surface area contributed by atoms with Crippen LogP contribution in [0.5, 0.6) is 5.75 Å². The van der Waals surface area contributed by atoms with Crippen LogP contribution in [0.3, 0.4) is 0 Å². The summed E-state index contributed by atoms with van der Waals surface area (Å²) >= 11 is 0. The van der Waals surface area contributed by atoms with E-state index in [1.54, 1.807) is 6.07 Å². The maximum absolute atomic E-state index is 13.9. The van der Waals surface area contributed by atoms with Crippen molar-refractivity contribution in [3.8, 4) is 11.6 Å². The van der Waals surface area contributed by atoms with Gasteiger partial charge in [0.15, 0.2) is 0 Å². The van der Waals surface area contributed by atoms with Crippen LogP contribution in [0.4, 0.5) is 34.9 Å². The molecule has 2 aromatic heterocycles. The predicted octanol–water partition coefficient (Wildman–Crippen LogP) is 3.94. The predicted molar refractivity (Wildman–Crippen MR) is 112 cm³/mol. The minimum atomic E-state index is -4.63. The molecule has 4 rings (SSSR count). The summed E-state index contributed by atoms with van der Waals surface area (Å²) in [5, 5.41) is 13.7. The van der Waals surface area contributed by atoms with E-state index in [9.17, 15) is 32.5 Å². The molecule has 0 saturated carbocycles. The van der Waals surface area contributed by atoms with Crippen LogP contribution in [-0.4, -0.2) is 37.3 Å². The van der Waals surface area contributed by atoms with Crippen LogP contribution in [0.2, 0.25) is 0 Å². The number of nitrogens with one attached hydrogen (secondary N) is 1. The van der Waals surface area contributed by atoms with Crippen molar-refractivity contribution in [3.63, 3.8) is 0 Å². The Kier molecular flexibility index (Phi) is 5.65. The smallest absolute Gasteiger partial charge is 0.406 e. The van der Waals surface area contributed by atoms with Gasteiger partial charge in [-0.1, -0.05) is 12.1 Å². The topological polar surface area (TPSA) is 117 Å². The molecule has 0 fully saturated rings. The molecule has 34 heavy (non-hydrogen) atoms. The van der Waals surface area contributed by atoms with Crippen molar-refractivity contribution in [2.24, 2.45) is 0 Å². The molecule has 4 aromatic rings. The first-order chi connectivity index (χ1) is 16.1. The van der Waals surface area contributed by atoms with Crippen molar-refractivity contribution in [1.29, 1.82) is 0 Å². The molecule has 0 spiro atoms. The van der Waals surface area contributed by atoms with E-state index >= 15 is 0 Å². The molecule has 0 amide bonds. The molecule has 0 bridgehead atoms. The summed E-state index contributed by atoms with van der Waals surface area (Å²) in [6.45, 7) is -1.49. The SMILES string of the molecule is COc1cc(F)c([N+](=O)[O-])cc1Nc1nccc(-n2c(=O)n(CC(F)(F)F)c3ccccc32)n1. The van der Waals surface area contributed by atoms with Crippen LogP contribution in [0.25, 0.3) is 16.9 Å². The number of rotatable bonds is 6. The normalized spacial score (nSPS) is 11.6. The van der Waals surface area contributed by atoms with E-state index in [0.29, 0.717) is 4.57 Å². The third-order valence-electron chi connectivity index (χ3n) is 4.76. The quantitative estimate of drug-likeness (QED) is 0.253. The number of hydrogen-bond acceptors (Lipinski definition) is 7. The Labute approximate surface area is 187 Å². The maximum atomic E-state index is 13.9. The molecule has 176 valence electrons. The van der Waals surface area contributed by atoms with Crippen molar-refractivity contribution in [1.82, 2.24) is 19.1 Å². The minimum absolute atomic E-state index is 0.0420. The molecular weight excluding hydrogens is 464 g/mol. The number of nitro groups is 1. The number of alkyl halides is 3. The van der Waals surface area contributed by atoms with Crippen molar-refractivity contribution < 1.29 is 27.2 Å². The van der Waals surface area contributed by atoms with Gasteiger partial charge in [-0.3, -0.25) is 14.7 Å². The number of methoxy groups -OCH3 is 1. The molecule has 0 aliphatic rings. The Morgan fingerprint density at radius 1 is 1.18 bits per heavy atom. The average molecular weight is 478 g/mol. The Morgan fingerprint density at radius 2 is 1.88 bits per heavy atom. The summed E-state index contributed by atoms with van der Waals surface area (Å²) in [7, 11) is 1.22. The van der Waals surface area contributed by atoms with Crippen LogP contribution in [0, 0.1) is 15.9 Å². The van der Waals surface area contributed by atoms with E-state index in [4.69, 9.17) is 4.74 Å². The van der Waals surface area contributed by atoms with Crippen molar-refractivity contribution in [3.05, 3.63) is 75.1 Å². The zero-order valence-electron chi connectivity index (χ0n) is 17.2. The molecule has 2 aromatic carbocycles. The fourth-order valence-corrected chi connectivity index (χ4v) is 3.37. The van der Waals surface area contributed by atoms with Crippen LogP contribution in [0.1, 0.15) is 0 Å². The lowest BCUT2D eigenvalue weighted by Crippen LogP contribution is -2.29. The number of fused-ring (bicyclic) bond motifs is 1. The van der Waals surface area contributed by atoms with Crippen molar-refractivity contribution in [2.75, 3.05) is 12.4 Å². The number of para-hydroxylation sites is 2. The first kappa shape index (κ1) is 22.7. The number of benzene rings is 2. The lowest BCUT2D eigenvalue weighted by Gasteiger charge is -2.11.